The smallest absolute Gasteiger partial charge is 0.225 e. The van der Waals surface area contributed by atoms with E-state index in [0.717, 1.165) is 6.07 Å². The summed E-state index contributed by atoms with van der Waals surface area (Å²) in [7, 11) is 0. The molecule has 0 aliphatic rings. The van der Waals surface area contributed by atoms with E-state index in [4.69, 9.17) is 21.6 Å². The summed E-state index contributed by atoms with van der Waals surface area (Å²) in [6, 6.07) is 7.23. The molecule has 0 radical (unpaired) electrons. The van der Waals surface area contributed by atoms with Crippen LogP contribution in [0.15, 0.2) is 24.3 Å². The van der Waals surface area contributed by atoms with Gasteiger partial charge in [-0.05, 0) is 30.7 Å². The molecule has 0 bridgehead atoms. The van der Waals surface area contributed by atoms with Crippen molar-refractivity contribution in [2.45, 2.75) is 6.92 Å². The summed E-state index contributed by atoms with van der Waals surface area (Å²) in [6.07, 6.45) is 0. The third-order valence-corrected chi connectivity index (χ3v) is 2.26. The molecule has 0 aliphatic carbocycles. The largest absolute Gasteiger partial charge is 0.439 e. The van der Waals surface area contributed by atoms with Gasteiger partial charge in [0.25, 0.3) is 0 Å². The maximum absolute atomic E-state index is 13.4. The normalized spacial score (nSPS) is 9.89. The van der Waals surface area contributed by atoms with Crippen LogP contribution in [0.4, 0.5) is 4.39 Å². The topological polar surface area (TPSA) is 58.8 Å². The van der Waals surface area contributed by atoms with Crippen LogP contribution in [-0.4, -0.2) is 9.97 Å². The highest BCUT2D eigenvalue weighted by Gasteiger charge is 2.06. The molecule has 0 aliphatic heterocycles. The fourth-order valence-corrected chi connectivity index (χ4v) is 1.54. The summed E-state index contributed by atoms with van der Waals surface area (Å²) in [5, 5.41) is 8.66. The highest BCUT2D eigenvalue weighted by molar-refractivity contribution is 6.28. The van der Waals surface area contributed by atoms with E-state index < -0.39 is 5.82 Å². The van der Waals surface area contributed by atoms with Gasteiger partial charge in [-0.3, -0.25) is 0 Å². The molecule has 0 N–H and O–H groups in total. The van der Waals surface area contributed by atoms with Crippen molar-refractivity contribution in [3.8, 4) is 17.7 Å². The number of rotatable bonds is 2. The van der Waals surface area contributed by atoms with Crippen molar-refractivity contribution in [3.63, 3.8) is 0 Å². The molecule has 90 valence electrons. The summed E-state index contributed by atoms with van der Waals surface area (Å²) in [5.41, 5.74) is 0.596. The number of hydrogen-bond acceptors (Lipinski definition) is 4. The van der Waals surface area contributed by atoms with E-state index in [2.05, 4.69) is 9.97 Å². The van der Waals surface area contributed by atoms with Crippen LogP contribution in [0.5, 0.6) is 11.6 Å². The Morgan fingerprint density at radius 3 is 2.72 bits per heavy atom. The summed E-state index contributed by atoms with van der Waals surface area (Å²) >= 11 is 5.68. The molecule has 2 aromatic rings. The van der Waals surface area contributed by atoms with Crippen LogP contribution in [0.2, 0.25) is 5.28 Å². The predicted octanol–water partition coefficient (Wildman–Crippen LogP) is 3.24. The maximum atomic E-state index is 13.4. The number of nitriles is 1. The van der Waals surface area contributed by atoms with Gasteiger partial charge in [-0.1, -0.05) is 0 Å². The first-order chi connectivity index (χ1) is 8.58. The molecule has 0 atom stereocenters. The number of aryl methyl sites for hydroxylation is 1. The Balaban J connectivity index is 2.29. The molecule has 1 aromatic carbocycles. The molecule has 0 amide bonds. The Morgan fingerprint density at radius 1 is 1.33 bits per heavy atom. The number of halogens is 2. The number of hydrogen-bond donors (Lipinski definition) is 0. The van der Waals surface area contributed by atoms with E-state index in [0.29, 0.717) is 5.69 Å². The van der Waals surface area contributed by atoms with Crippen molar-refractivity contribution in [2.24, 2.45) is 0 Å². The van der Waals surface area contributed by atoms with Crippen molar-refractivity contribution in [1.82, 2.24) is 9.97 Å². The summed E-state index contributed by atoms with van der Waals surface area (Å²) < 4.78 is 18.7. The van der Waals surface area contributed by atoms with E-state index in [9.17, 15) is 4.39 Å². The van der Waals surface area contributed by atoms with Gasteiger partial charge in [-0.15, -0.1) is 0 Å². The van der Waals surface area contributed by atoms with Gasteiger partial charge in [-0.2, -0.15) is 10.2 Å². The zero-order valence-electron chi connectivity index (χ0n) is 9.32. The minimum Gasteiger partial charge on any atom is -0.439 e. The van der Waals surface area contributed by atoms with Crippen LogP contribution < -0.4 is 4.74 Å². The molecule has 4 nitrogen and oxygen atoms in total. The van der Waals surface area contributed by atoms with Gasteiger partial charge in [0.05, 0.1) is 5.56 Å². The average Bonchev–Trinajstić information content (AvgIpc) is 2.27. The van der Waals surface area contributed by atoms with Gasteiger partial charge >= 0.3 is 0 Å². The van der Waals surface area contributed by atoms with Crippen LogP contribution in [0.1, 0.15) is 11.3 Å². The number of ether oxygens (including phenoxy) is 1. The van der Waals surface area contributed by atoms with E-state index >= 15 is 0 Å². The second-order valence-corrected chi connectivity index (χ2v) is 3.81. The monoisotopic (exact) mass is 263 g/mol. The van der Waals surface area contributed by atoms with Gasteiger partial charge in [0.2, 0.25) is 11.2 Å². The lowest BCUT2D eigenvalue weighted by Crippen LogP contribution is -1.93. The molecule has 18 heavy (non-hydrogen) atoms. The van der Waals surface area contributed by atoms with Crippen molar-refractivity contribution in [3.05, 3.63) is 46.6 Å². The molecule has 0 saturated carbocycles. The molecule has 2 rings (SSSR count). The first-order valence-corrected chi connectivity index (χ1v) is 5.35. The predicted molar refractivity (Wildman–Crippen MR) is 63.0 cm³/mol. The minimum atomic E-state index is -0.646. The van der Waals surface area contributed by atoms with Crippen molar-refractivity contribution < 1.29 is 9.13 Å². The van der Waals surface area contributed by atoms with Crippen molar-refractivity contribution >= 4 is 11.6 Å². The Labute approximate surface area is 108 Å². The lowest BCUT2D eigenvalue weighted by Gasteiger charge is -2.05. The van der Waals surface area contributed by atoms with Crippen LogP contribution >= 0.6 is 11.6 Å². The molecule has 0 saturated heterocycles. The van der Waals surface area contributed by atoms with Crippen LogP contribution in [0.3, 0.4) is 0 Å². The molecule has 0 fully saturated rings. The lowest BCUT2D eigenvalue weighted by atomic mass is 10.2. The van der Waals surface area contributed by atoms with E-state index in [1.807, 2.05) is 0 Å². The fraction of sp³-hybridized carbons (Fsp3) is 0.0833. The van der Waals surface area contributed by atoms with Gasteiger partial charge in [0.15, 0.2) is 0 Å². The maximum Gasteiger partial charge on any atom is 0.225 e. The minimum absolute atomic E-state index is 0.0424. The molecule has 1 aromatic heterocycles. The first-order valence-electron chi connectivity index (χ1n) is 4.97. The third-order valence-electron chi connectivity index (χ3n) is 2.09. The van der Waals surface area contributed by atoms with Gasteiger partial charge < -0.3 is 4.74 Å². The Morgan fingerprint density at radius 2 is 2.11 bits per heavy atom. The average molecular weight is 264 g/mol. The zero-order valence-corrected chi connectivity index (χ0v) is 10.1. The summed E-state index contributed by atoms with van der Waals surface area (Å²) in [6.45, 7) is 1.74. The number of aromatic nitrogens is 2. The number of nitrogens with zero attached hydrogens (tertiary/aromatic N) is 3. The Kier molecular flexibility index (Phi) is 3.40. The first kappa shape index (κ1) is 12.3. The van der Waals surface area contributed by atoms with E-state index in [-0.39, 0.29) is 22.5 Å². The Bertz CT molecular complexity index is 619. The highest BCUT2D eigenvalue weighted by Crippen LogP contribution is 2.23. The zero-order chi connectivity index (χ0) is 13.1. The summed E-state index contributed by atoms with van der Waals surface area (Å²) in [4.78, 5) is 7.72. The second-order valence-electron chi connectivity index (χ2n) is 3.47. The fourth-order valence-electron chi connectivity index (χ4n) is 1.33. The number of benzene rings is 1. The van der Waals surface area contributed by atoms with E-state index in [1.54, 1.807) is 19.1 Å². The lowest BCUT2D eigenvalue weighted by molar-refractivity contribution is 0.456. The molecule has 1 heterocycles. The SMILES string of the molecule is Cc1cc(Oc2ccc(C#N)c(F)c2)nc(Cl)n1. The molecular formula is C12H7ClFN3O. The second kappa shape index (κ2) is 4.98. The standard InChI is InChI=1S/C12H7ClFN3O/c1-7-4-11(17-12(13)16-7)18-9-3-2-8(6-15)10(14)5-9/h2-5H,1H3. The van der Waals surface area contributed by atoms with Crippen LogP contribution in [0.25, 0.3) is 0 Å². The molecular weight excluding hydrogens is 257 g/mol. The third kappa shape index (κ3) is 2.73. The Hall–Kier alpha value is -2.19. The quantitative estimate of drug-likeness (QED) is 0.781. The molecule has 0 spiro atoms. The van der Waals surface area contributed by atoms with Gasteiger partial charge in [-0.25, -0.2) is 9.37 Å². The van der Waals surface area contributed by atoms with E-state index in [1.165, 1.54) is 12.1 Å². The van der Waals surface area contributed by atoms with Crippen molar-refractivity contribution in [1.29, 1.82) is 5.26 Å². The highest BCUT2D eigenvalue weighted by atomic mass is 35.5. The van der Waals surface area contributed by atoms with Crippen LogP contribution in [-0.2, 0) is 0 Å². The van der Waals surface area contributed by atoms with Gasteiger partial charge in [0.1, 0.15) is 17.6 Å². The molecule has 6 heteroatoms. The van der Waals surface area contributed by atoms with Crippen molar-refractivity contribution in [2.75, 3.05) is 0 Å². The van der Waals surface area contributed by atoms with Crippen LogP contribution in [0, 0.1) is 24.1 Å². The van der Waals surface area contributed by atoms with Gasteiger partial charge in [0, 0.05) is 17.8 Å². The summed E-state index contributed by atoms with van der Waals surface area (Å²) in [5.74, 6) is -0.191. The molecule has 0 unspecified atom stereocenters.